The number of anilines is 1. The predicted molar refractivity (Wildman–Crippen MR) is 142 cm³/mol. The summed E-state index contributed by atoms with van der Waals surface area (Å²) in [7, 11) is 1.56. The van der Waals surface area contributed by atoms with Crippen molar-refractivity contribution in [2.24, 2.45) is 0 Å². The van der Waals surface area contributed by atoms with Crippen LogP contribution in [0.2, 0.25) is 0 Å². The average molecular weight is 521 g/mol. The number of pyridine rings is 1. The molecule has 3 N–H and O–H groups in total. The molecule has 4 rings (SSSR count). The Balaban J connectivity index is 1.43. The van der Waals surface area contributed by atoms with Gasteiger partial charge in [-0.3, -0.25) is 4.98 Å². The van der Waals surface area contributed by atoms with Gasteiger partial charge in [-0.2, -0.15) is 9.67 Å². The number of nitrogen functional groups attached to an aromatic ring is 1. The Morgan fingerprint density at radius 2 is 1.95 bits per heavy atom. The molecule has 0 saturated carbocycles. The summed E-state index contributed by atoms with van der Waals surface area (Å²) in [6, 6.07) is 9.01. The summed E-state index contributed by atoms with van der Waals surface area (Å²) in [5.41, 5.74) is 7.40. The van der Waals surface area contributed by atoms with E-state index in [-0.39, 0.29) is 5.95 Å². The van der Waals surface area contributed by atoms with Crippen molar-refractivity contribution in [3.05, 3.63) is 42.9 Å². The van der Waals surface area contributed by atoms with Gasteiger partial charge in [-0.15, -0.1) is 5.10 Å². The molecule has 0 saturated heterocycles. The van der Waals surface area contributed by atoms with Crippen LogP contribution in [-0.2, 0) is 4.74 Å². The highest BCUT2D eigenvalue weighted by Crippen LogP contribution is 2.34. The third-order valence-corrected chi connectivity index (χ3v) is 5.71. The maximum absolute atomic E-state index is 11.8. The van der Waals surface area contributed by atoms with Crippen molar-refractivity contribution >= 4 is 22.9 Å². The van der Waals surface area contributed by atoms with E-state index in [9.17, 15) is 4.79 Å². The Morgan fingerprint density at radius 1 is 1.05 bits per heavy atom. The van der Waals surface area contributed by atoms with Gasteiger partial charge in [0.15, 0.2) is 17.3 Å². The third kappa shape index (κ3) is 6.64. The van der Waals surface area contributed by atoms with Crippen molar-refractivity contribution in [2.45, 2.75) is 39.0 Å². The number of nitrogens with two attached hydrogens (primary N) is 1. The maximum atomic E-state index is 11.8. The highest BCUT2D eigenvalue weighted by molar-refractivity contribution is 5.88. The summed E-state index contributed by atoms with van der Waals surface area (Å²) in [6.45, 7) is 3.34. The minimum atomic E-state index is -0.415. The molecule has 0 fully saturated rings. The molecule has 38 heavy (non-hydrogen) atoms. The van der Waals surface area contributed by atoms with Crippen LogP contribution in [0.1, 0.15) is 39.0 Å². The highest BCUT2D eigenvalue weighted by Gasteiger charge is 2.17. The van der Waals surface area contributed by atoms with Crippen LogP contribution in [0.3, 0.4) is 0 Å². The van der Waals surface area contributed by atoms with Crippen LogP contribution in [0.5, 0.6) is 11.5 Å². The number of unbranched alkanes of at least 4 members (excludes halogenated alkanes) is 3. The maximum Gasteiger partial charge on any atom is 0.407 e. The van der Waals surface area contributed by atoms with Gasteiger partial charge < -0.3 is 25.3 Å². The average Bonchev–Trinajstić information content (AvgIpc) is 3.33. The lowest BCUT2D eigenvalue weighted by Crippen LogP contribution is -2.26. The number of aromatic nitrogens is 6. The SMILES string of the molecule is CCCCCCOC(=O)NCCCOc1cc2c(-n3nc(-c4ccccn4)nc3N)ncnc2cc1OC. The molecule has 0 radical (unpaired) electrons. The van der Waals surface area contributed by atoms with E-state index in [1.807, 2.05) is 12.1 Å². The fourth-order valence-electron chi connectivity index (χ4n) is 3.76. The molecule has 0 aliphatic rings. The summed E-state index contributed by atoms with van der Waals surface area (Å²) in [6.07, 6.45) is 7.48. The number of carbonyl (C=O) groups is 1. The minimum Gasteiger partial charge on any atom is -0.493 e. The smallest absolute Gasteiger partial charge is 0.407 e. The van der Waals surface area contributed by atoms with Crippen LogP contribution in [0.15, 0.2) is 42.9 Å². The number of ether oxygens (including phenoxy) is 3. The van der Waals surface area contributed by atoms with E-state index in [1.54, 1.807) is 31.5 Å². The van der Waals surface area contributed by atoms with Gasteiger partial charge in [-0.25, -0.2) is 14.8 Å². The number of rotatable bonds is 13. The van der Waals surface area contributed by atoms with E-state index >= 15 is 0 Å². The van der Waals surface area contributed by atoms with Crippen LogP contribution in [-0.4, -0.2) is 62.7 Å². The zero-order valence-corrected chi connectivity index (χ0v) is 21.6. The molecule has 0 bridgehead atoms. The summed E-state index contributed by atoms with van der Waals surface area (Å²) < 4.78 is 18.1. The van der Waals surface area contributed by atoms with Crippen molar-refractivity contribution < 1.29 is 19.0 Å². The monoisotopic (exact) mass is 520 g/mol. The number of alkyl carbamates (subject to hydrolysis) is 1. The number of nitrogens with one attached hydrogen (secondary N) is 1. The lowest BCUT2D eigenvalue weighted by molar-refractivity contribution is 0.143. The predicted octanol–water partition coefficient (Wildman–Crippen LogP) is 3.94. The van der Waals surface area contributed by atoms with Crippen molar-refractivity contribution in [1.29, 1.82) is 0 Å². The zero-order valence-electron chi connectivity index (χ0n) is 21.6. The molecule has 0 atom stereocenters. The quantitative estimate of drug-likeness (QED) is 0.248. The van der Waals surface area contributed by atoms with Gasteiger partial charge >= 0.3 is 6.09 Å². The number of carbonyl (C=O) groups excluding carboxylic acids is 1. The fraction of sp³-hybridized carbons (Fsp3) is 0.385. The Labute approximate surface area is 220 Å². The fourth-order valence-corrected chi connectivity index (χ4v) is 3.76. The molecular formula is C26H32N8O4. The molecule has 3 aromatic heterocycles. The van der Waals surface area contributed by atoms with Crippen LogP contribution in [0, 0.1) is 0 Å². The summed E-state index contributed by atoms with van der Waals surface area (Å²) in [4.78, 5) is 29.2. The number of fused-ring (bicyclic) bond motifs is 1. The van der Waals surface area contributed by atoms with Crippen molar-refractivity contribution in [1.82, 2.24) is 35.0 Å². The molecule has 1 amide bonds. The second kappa shape index (κ2) is 13.2. The van der Waals surface area contributed by atoms with E-state index in [4.69, 9.17) is 19.9 Å². The van der Waals surface area contributed by atoms with E-state index in [2.05, 4.69) is 37.3 Å². The summed E-state index contributed by atoms with van der Waals surface area (Å²) >= 11 is 0. The first-order valence-electron chi connectivity index (χ1n) is 12.6. The second-order valence-corrected chi connectivity index (χ2v) is 8.46. The normalized spacial score (nSPS) is 10.9. The van der Waals surface area contributed by atoms with Crippen molar-refractivity contribution in [2.75, 3.05) is 32.6 Å². The first-order valence-corrected chi connectivity index (χ1v) is 12.6. The second-order valence-electron chi connectivity index (χ2n) is 8.46. The molecule has 0 unspecified atom stereocenters. The first kappa shape index (κ1) is 26.6. The number of benzene rings is 1. The largest absolute Gasteiger partial charge is 0.493 e. The number of hydrogen-bond donors (Lipinski definition) is 2. The van der Waals surface area contributed by atoms with Crippen LogP contribution >= 0.6 is 0 Å². The van der Waals surface area contributed by atoms with Gasteiger partial charge in [0.05, 0.1) is 25.8 Å². The Kier molecular flexibility index (Phi) is 9.22. The molecule has 0 aliphatic carbocycles. The molecular weight excluding hydrogens is 488 g/mol. The van der Waals surface area contributed by atoms with Gasteiger partial charge in [0.25, 0.3) is 0 Å². The Hall–Kier alpha value is -4.48. The molecule has 3 heterocycles. The van der Waals surface area contributed by atoms with Gasteiger partial charge in [-0.05, 0) is 31.0 Å². The molecule has 200 valence electrons. The van der Waals surface area contributed by atoms with Gasteiger partial charge in [0, 0.05) is 24.2 Å². The highest BCUT2D eigenvalue weighted by atomic mass is 16.5. The summed E-state index contributed by atoms with van der Waals surface area (Å²) in [5, 5.41) is 7.91. The molecule has 12 heteroatoms. The summed E-state index contributed by atoms with van der Waals surface area (Å²) in [5.74, 6) is 2.00. The first-order chi connectivity index (χ1) is 18.6. The lowest BCUT2D eigenvalue weighted by Gasteiger charge is -2.13. The standard InChI is InChI=1S/C26H32N8O4/c1-3-4-5-8-13-38-26(35)29-12-9-14-37-22-15-18-20(16-21(22)36-2)30-17-31-24(18)34-25(27)32-23(33-34)19-10-6-7-11-28-19/h6-7,10-11,15-17H,3-5,8-9,12-14H2,1-2H3,(H,29,35)(H2,27,32,33). The number of hydrogen-bond acceptors (Lipinski definition) is 10. The lowest BCUT2D eigenvalue weighted by atomic mass is 10.2. The van der Waals surface area contributed by atoms with E-state index < -0.39 is 6.09 Å². The Morgan fingerprint density at radius 3 is 2.74 bits per heavy atom. The molecule has 0 aliphatic heterocycles. The van der Waals surface area contributed by atoms with Gasteiger partial charge in [0.1, 0.15) is 12.0 Å². The minimum absolute atomic E-state index is 0.160. The van der Waals surface area contributed by atoms with Crippen molar-refractivity contribution in [3.8, 4) is 28.8 Å². The molecule has 4 aromatic rings. The molecule has 12 nitrogen and oxygen atoms in total. The van der Waals surface area contributed by atoms with Crippen LogP contribution in [0.25, 0.3) is 28.2 Å². The molecule has 0 spiro atoms. The van der Waals surface area contributed by atoms with Crippen LogP contribution < -0.4 is 20.5 Å². The zero-order chi connectivity index (χ0) is 26.7. The van der Waals surface area contributed by atoms with Crippen LogP contribution in [0.4, 0.5) is 10.7 Å². The topological polar surface area (TPSA) is 152 Å². The number of nitrogens with zero attached hydrogens (tertiary/aromatic N) is 6. The van der Waals surface area contributed by atoms with E-state index in [0.717, 1.165) is 25.7 Å². The van der Waals surface area contributed by atoms with Gasteiger partial charge in [0.2, 0.25) is 11.8 Å². The van der Waals surface area contributed by atoms with E-state index in [0.29, 0.717) is 65.9 Å². The van der Waals surface area contributed by atoms with Gasteiger partial charge in [-0.1, -0.05) is 32.3 Å². The van der Waals surface area contributed by atoms with Crippen molar-refractivity contribution in [3.63, 3.8) is 0 Å². The Bertz CT molecular complexity index is 1350. The van der Waals surface area contributed by atoms with E-state index in [1.165, 1.54) is 11.0 Å². The number of methoxy groups -OCH3 is 1. The number of amides is 1. The third-order valence-electron chi connectivity index (χ3n) is 5.71. The molecule has 1 aromatic carbocycles.